The monoisotopic (exact) mass is 646 g/mol. The number of aromatic nitrogens is 4. The van der Waals surface area contributed by atoms with Crippen LogP contribution >= 0.6 is 23.2 Å². The second-order valence-electron chi connectivity index (χ2n) is 11.9. The number of nitrogens with one attached hydrogen (secondary N) is 1. The maximum atomic E-state index is 14.3. The van der Waals surface area contributed by atoms with Gasteiger partial charge in [0, 0.05) is 19.1 Å². The van der Waals surface area contributed by atoms with Crippen molar-refractivity contribution < 1.29 is 27.2 Å². The van der Waals surface area contributed by atoms with E-state index in [0.717, 1.165) is 43.4 Å². The van der Waals surface area contributed by atoms with Crippen molar-refractivity contribution in [1.29, 1.82) is 0 Å². The van der Waals surface area contributed by atoms with E-state index < -0.39 is 36.7 Å². The van der Waals surface area contributed by atoms with Gasteiger partial charge in [-0.1, -0.05) is 13.8 Å². The van der Waals surface area contributed by atoms with Crippen LogP contribution in [-0.2, 0) is 9.59 Å². The van der Waals surface area contributed by atoms with Gasteiger partial charge in [-0.2, -0.15) is 27.5 Å². The van der Waals surface area contributed by atoms with E-state index in [9.17, 15) is 27.2 Å². The molecular weight excluding hydrogens is 615 g/mol. The third-order valence-corrected chi connectivity index (χ3v) is 8.88. The first-order valence-electron chi connectivity index (χ1n) is 14.1. The normalized spacial score (nSPS) is 27.9. The third kappa shape index (κ3) is 6.45. The lowest BCUT2D eigenvalue weighted by molar-refractivity contribution is -0.140. The van der Waals surface area contributed by atoms with Gasteiger partial charge in [-0.05, 0) is 73.6 Å². The van der Waals surface area contributed by atoms with E-state index in [2.05, 4.69) is 39.1 Å². The van der Waals surface area contributed by atoms with Gasteiger partial charge < -0.3 is 20.0 Å². The molecule has 43 heavy (non-hydrogen) atoms. The van der Waals surface area contributed by atoms with Gasteiger partial charge >= 0.3 is 11.8 Å². The third-order valence-electron chi connectivity index (χ3n) is 8.52. The summed E-state index contributed by atoms with van der Waals surface area (Å²) in [5, 5.41) is 2.15. The van der Waals surface area contributed by atoms with Crippen molar-refractivity contribution in [2.45, 2.75) is 76.3 Å². The number of hydrogen-bond donors (Lipinski definition) is 1. The second-order valence-corrected chi connectivity index (χ2v) is 12.5. The Balaban J connectivity index is 0.000000171. The molecule has 4 atom stereocenters. The summed E-state index contributed by atoms with van der Waals surface area (Å²) < 4.78 is 56.5. The minimum absolute atomic E-state index is 0.0131. The highest BCUT2D eigenvalue weighted by atomic mass is 35.5. The zero-order valence-corrected chi connectivity index (χ0v) is 25.3. The van der Waals surface area contributed by atoms with E-state index in [0.29, 0.717) is 17.7 Å². The van der Waals surface area contributed by atoms with Gasteiger partial charge in [0.05, 0.1) is 25.5 Å². The van der Waals surface area contributed by atoms with E-state index in [4.69, 9.17) is 23.2 Å². The highest BCUT2D eigenvalue weighted by Crippen LogP contribution is 2.41. The van der Waals surface area contributed by atoms with Crippen LogP contribution in [0.4, 0.5) is 40.6 Å². The second kappa shape index (κ2) is 11.8. The number of halogens is 6. The maximum Gasteiger partial charge on any atom is 0.342 e. The molecule has 0 radical (unpaired) electrons. The van der Waals surface area contributed by atoms with Gasteiger partial charge in [0.2, 0.25) is 10.6 Å². The molecule has 16 heteroatoms. The van der Waals surface area contributed by atoms with Crippen molar-refractivity contribution in [1.82, 2.24) is 19.9 Å². The molecule has 0 bridgehead atoms. The van der Waals surface area contributed by atoms with Crippen LogP contribution in [0.1, 0.15) is 52.4 Å². The van der Waals surface area contributed by atoms with Crippen LogP contribution in [0.15, 0.2) is 12.4 Å². The Morgan fingerprint density at radius 2 is 1.33 bits per heavy atom. The predicted molar refractivity (Wildman–Crippen MR) is 154 cm³/mol. The van der Waals surface area contributed by atoms with Gasteiger partial charge in [-0.15, -0.1) is 0 Å². The van der Waals surface area contributed by atoms with E-state index >= 15 is 0 Å². The molecule has 2 aromatic rings. The molecule has 2 saturated carbocycles. The highest BCUT2D eigenvalue weighted by Gasteiger charge is 2.49. The minimum atomic E-state index is -3.47. The molecule has 2 aromatic heterocycles. The Morgan fingerprint density at radius 1 is 0.814 bits per heavy atom. The molecule has 4 aliphatic rings. The van der Waals surface area contributed by atoms with Crippen molar-refractivity contribution in [3.8, 4) is 0 Å². The molecule has 0 saturated heterocycles. The zero-order valence-electron chi connectivity index (χ0n) is 23.8. The smallest absolute Gasteiger partial charge is 0.342 e. The fourth-order valence-corrected chi connectivity index (χ4v) is 6.52. The fraction of sp³-hybridized carbons (Fsp3) is 0.630. The average Bonchev–Trinajstić information content (AvgIpc) is 3.54. The number of hydrogen-bond acceptors (Lipinski definition) is 8. The first-order valence-corrected chi connectivity index (χ1v) is 14.9. The zero-order chi connectivity index (χ0) is 31.3. The summed E-state index contributed by atoms with van der Waals surface area (Å²) in [5.41, 5.74) is 0.451. The molecule has 2 fully saturated rings. The molecule has 2 unspecified atom stereocenters. The van der Waals surface area contributed by atoms with Crippen LogP contribution in [0.2, 0.25) is 10.6 Å². The maximum absolute atomic E-state index is 14.3. The summed E-state index contributed by atoms with van der Waals surface area (Å²) in [4.78, 5) is 43.4. The number of rotatable bonds is 2. The van der Waals surface area contributed by atoms with Crippen LogP contribution in [0.5, 0.6) is 0 Å². The number of carbonyl (C=O) groups is 2. The van der Waals surface area contributed by atoms with Crippen molar-refractivity contribution in [3.63, 3.8) is 0 Å². The van der Waals surface area contributed by atoms with Gasteiger partial charge in [0.25, 0.3) is 11.8 Å². The average molecular weight is 648 g/mol. The molecule has 1 N–H and O–H groups in total. The van der Waals surface area contributed by atoms with Crippen molar-refractivity contribution >= 4 is 58.0 Å². The first kappa shape index (κ1) is 31.4. The number of alkyl halides is 4. The summed E-state index contributed by atoms with van der Waals surface area (Å²) in [6, 6.07) is -0.131. The molecule has 2 amide bonds. The van der Waals surface area contributed by atoms with E-state index in [-0.39, 0.29) is 39.8 Å². The van der Waals surface area contributed by atoms with Gasteiger partial charge in [-0.3, -0.25) is 9.59 Å². The van der Waals surface area contributed by atoms with Crippen LogP contribution in [-0.4, -0.2) is 75.8 Å². The van der Waals surface area contributed by atoms with E-state index in [1.54, 1.807) is 0 Å². The Bertz CT molecular complexity index is 1400. The topological polar surface area (TPSA) is 107 Å². The van der Waals surface area contributed by atoms with E-state index in [1.165, 1.54) is 29.2 Å². The number of carbonyl (C=O) groups excluding carboxylic acids is 2. The van der Waals surface area contributed by atoms with Gasteiger partial charge in [-0.25, -0.2) is 9.97 Å². The van der Waals surface area contributed by atoms with Crippen molar-refractivity contribution in [2.24, 2.45) is 11.8 Å². The molecule has 0 aromatic carbocycles. The minimum Gasteiger partial charge on any atom is -0.345 e. The number of fused-ring (bicyclic) bond motifs is 2. The van der Waals surface area contributed by atoms with Crippen LogP contribution < -0.4 is 20.0 Å². The summed E-state index contributed by atoms with van der Waals surface area (Å²) in [6.07, 6.45) is 7.75. The number of nitrogens with zero attached hydrogens (tertiary/aromatic N) is 7. The Hall–Kier alpha value is -3.00. The summed E-state index contributed by atoms with van der Waals surface area (Å²) >= 11 is 11.6. The largest absolute Gasteiger partial charge is 0.345 e. The first-order chi connectivity index (χ1) is 20.2. The molecule has 234 valence electrons. The summed E-state index contributed by atoms with van der Waals surface area (Å²) in [6.45, 7) is 2.83. The summed E-state index contributed by atoms with van der Waals surface area (Å²) in [7, 11) is 1.31. The Morgan fingerprint density at radius 3 is 1.88 bits per heavy atom. The van der Waals surface area contributed by atoms with Crippen molar-refractivity contribution in [2.75, 3.05) is 40.2 Å². The lowest BCUT2D eigenvalue weighted by Gasteiger charge is -2.31. The van der Waals surface area contributed by atoms with Crippen LogP contribution in [0, 0.1) is 11.8 Å². The molecule has 6 rings (SSSR count). The molecule has 0 spiro atoms. The summed E-state index contributed by atoms with van der Waals surface area (Å²) in [5.74, 6) is -7.98. The van der Waals surface area contributed by atoms with Gasteiger partial charge in [0.15, 0.2) is 11.6 Å². The molecule has 2 aliphatic carbocycles. The number of anilines is 4. The predicted octanol–water partition coefficient (Wildman–Crippen LogP) is 5.45. The fourth-order valence-electron chi connectivity index (χ4n) is 6.26. The lowest BCUT2D eigenvalue weighted by atomic mass is 10.1. The van der Waals surface area contributed by atoms with E-state index in [1.807, 2.05) is 0 Å². The van der Waals surface area contributed by atoms with Crippen LogP contribution in [0.3, 0.4) is 0 Å². The molecular formula is C27H32Cl2F4N8O2. The van der Waals surface area contributed by atoms with Crippen molar-refractivity contribution in [3.05, 3.63) is 23.0 Å². The SMILES string of the molecule is C[C@@H]1CCC(N2CC(F)(F)C(=O)N(C)c3cnc(Cl)nc32)C1.C[C@@H]1CCC(N2CC(F)(F)C(=O)Nc3cnc(Cl)nc32)C1. The lowest BCUT2D eigenvalue weighted by Crippen LogP contribution is -2.48. The highest BCUT2D eigenvalue weighted by molar-refractivity contribution is 6.28. The van der Waals surface area contributed by atoms with Gasteiger partial charge in [0.1, 0.15) is 11.4 Å². The molecule has 4 heterocycles. The Kier molecular flexibility index (Phi) is 8.64. The molecule has 2 aliphatic heterocycles. The number of amides is 2. The quantitative estimate of drug-likeness (QED) is 0.339. The Labute approximate surface area is 256 Å². The van der Waals surface area contributed by atoms with Crippen LogP contribution in [0.25, 0.3) is 0 Å². The standard InChI is InChI=1S/C14H17ClF2N4O.C13H15ClF2N4O/c1-8-3-4-9(5-8)21-7-14(16,17)12(22)20(2)10-6-18-13(15)19-11(10)21;1-7-2-3-8(4-7)20-6-13(15,16)11(21)18-9-5-17-12(14)19-10(9)20/h6,8-9H,3-5,7H2,1-2H3;5,7-8H,2-4,6H2,1H3,(H,18,21)/t8-,9?;7-,8?/m11/s1. The molecule has 10 nitrogen and oxygen atoms in total.